The number of H-pyrrole nitrogens is 1. The van der Waals surface area contributed by atoms with E-state index in [-0.39, 0.29) is 29.6 Å². The molecule has 2 aromatic heterocycles. The molecule has 0 aliphatic carbocycles. The number of aromatic nitrogens is 3. The summed E-state index contributed by atoms with van der Waals surface area (Å²) >= 11 is 0. The van der Waals surface area contributed by atoms with Crippen molar-refractivity contribution in [3.05, 3.63) is 42.2 Å². The molecule has 33 heavy (non-hydrogen) atoms. The van der Waals surface area contributed by atoms with Crippen LogP contribution in [0.4, 0.5) is 19.1 Å². The minimum Gasteiger partial charge on any atom is -0.360 e. The van der Waals surface area contributed by atoms with Gasteiger partial charge in [-0.1, -0.05) is 18.2 Å². The monoisotopic (exact) mass is 458 g/mol. The van der Waals surface area contributed by atoms with Gasteiger partial charge in [0.2, 0.25) is 11.9 Å². The lowest BCUT2D eigenvalue weighted by molar-refractivity contribution is -0.137. The van der Waals surface area contributed by atoms with Crippen molar-refractivity contribution in [3.63, 3.8) is 0 Å². The number of benzene rings is 1. The number of amides is 1. The number of aromatic amines is 1. The van der Waals surface area contributed by atoms with Crippen LogP contribution in [0, 0.1) is 0 Å². The number of piperidine rings is 1. The molecule has 2 fully saturated rings. The Morgan fingerprint density at radius 2 is 1.94 bits per heavy atom. The number of para-hydroxylation sites is 1. The summed E-state index contributed by atoms with van der Waals surface area (Å²) in [6, 6.07) is 6.87. The van der Waals surface area contributed by atoms with Crippen LogP contribution in [-0.4, -0.2) is 57.5 Å². The Labute approximate surface area is 188 Å². The normalized spacial score (nSPS) is 21.5. The fourth-order valence-electron chi connectivity index (χ4n) is 4.66. The van der Waals surface area contributed by atoms with E-state index in [1.54, 1.807) is 24.4 Å². The molecule has 0 bridgehead atoms. The quantitative estimate of drug-likeness (QED) is 0.554. The lowest BCUT2D eigenvalue weighted by Gasteiger charge is -2.32. The summed E-state index contributed by atoms with van der Waals surface area (Å²) in [6.07, 6.45) is 1.25. The van der Waals surface area contributed by atoms with E-state index in [1.165, 1.54) is 0 Å². The number of hydrogen-bond acceptors (Lipinski definition) is 5. The van der Waals surface area contributed by atoms with Gasteiger partial charge in [-0.2, -0.15) is 13.2 Å². The van der Waals surface area contributed by atoms with Crippen molar-refractivity contribution in [2.45, 2.75) is 43.9 Å². The molecule has 3 N–H and O–H groups in total. The standard InChI is InChI=1S/C23H25F3N6O/c24-23(25,26)17-13-29-22(31-20(17)16-12-28-18-6-2-1-5-15(16)18)30-14-7-8-19(27-11-14)21(33)32-9-3-4-10-32/h1-2,5-6,12-14,19,27-28H,3-4,7-11H2,(H,29,30,31)/t14-,19+/m0/s1. The second-order valence-electron chi connectivity index (χ2n) is 8.61. The van der Waals surface area contributed by atoms with Crippen molar-refractivity contribution in [1.82, 2.24) is 25.2 Å². The summed E-state index contributed by atoms with van der Waals surface area (Å²) in [5.74, 6) is 0.276. The van der Waals surface area contributed by atoms with Crippen molar-refractivity contribution >= 4 is 22.8 Å². The summed E-state index contributed by atoms with van der Waals surface area (Å²) < 4.78 is 41.2. The molecule has 2 aliphatic heterocycles. The number of alkyl halides is 3. The van der Waals surface area contributed by atoms with Gasteiger partial charge in [0.25, 0.3) is 0 Å². The van der Waals surface area contributed by atoms with Crippen LogP contribution in [0.2, 0.25) is 0 Å². The van der Waals surface area contributed by atoms with Gasteiger partial charge in [0.05, 0.1) is 11.7 Å². The molecule has 2 atom stereocenters. The molecule has 2 aliphatic rings. The number of carbonyl (C=O) groups excluding carboxylic acids is 1. The number of nitrogens with zero attached hydrogens (tertiary/aromatic N) is 3. The van der Waals surface area contributed by atoms with E-state index in [2.05, 4.69) is 25.6 Å². The number of fused-ring (bicyclic) bond motifs is 1. The fraction of sp³-hybridized carbons (Fsp3) is 0.435. The number of halogens is 3. The Hall–Kier alpha value is -3.14. The van der Waals surface area contributed by atoms with Gasteiger partial charge in [0.15, 0.2) is 0 Å². The van der Waals surface area contributed by atoms with Gasteiger partial charge in [-0.15, -0.1) is 0 Å². The van der Waals surface area contributed by atoms with Gasteiger partial charge in [-0.05, 0) is 31.7 Å². The van der Waals surface area contributed by atoms with Crippen LogP contribution >= 0.6 is 0 Å². The second-order valence-corrected chi connectivity index (χ2v) is 8.61. The molecule has 10 heteroatoms. The third-order valence-electron chi connectivity index (χ3n) is 6.40. The minimum absolute atomic E-state index is 0.0832. The van der Waals surface area contributed by atoms with Crippen molar-refractivity contribution in [2.24, 2.45) is 0 Å². The zero-order chi connectivity index (χ0) is 23.0. The number of likely N-dealkylation sites (tertiary alicyclic amines) is 1. The topological polar surface area (TPSA) is 85.9 Å². The summed E-state index contributed by atoms with van der Waals surface area (Å²) in [5.41, 5.74) is 0.0690. The first-order chi connectivity index (χ1) is 15.9. The molecule has 0 unspecified atom stereocenters. The molecule has 7 nitrogen and oxygen atoms in total. The molecule has 174 valence electrons. The van der Waals surface area contributed by atoms with E-state index in [4.69, 9.17) is 0 Å². The van der Waals surface area contributed by atoms with Gasteiger partial charge in [-0.25, -0.2) is 9.97 Å². The molecule has 1 aromatic carbocycles. The molecule has 0 radical (unpaired) electrons. The van der Waals surface area contributed by atoms with Gasteiger partial charge in [0.1, 0.15) is 5.56 Å². The fourth-order valence-corrected chi connectivity index (χ4v) is 4.66. The Balaban J connectivity index is 1.34. The highest BCUT2D eigenvalue weighted by atomic mass is 19.4. The summed E-state index contributed by atoms with van der Waals surface area (Å²) in [5, 5.41) is 7.09. The number of rotatable bonds is 4. The van der Waals surface area contributed by atoms with E-state index >= 15 is 0 Å². The predicted molar refractivity (Wildman–Crippen MR) is 119 cm³/mol. The SMILES string of the molecule is O=C([C@H]1CC[C@H](Nc2ncc(C(F)(F)F)c(-c3c[nH]c4ccccc34)n2)CN1)N1CCCC1. The molecule has 0 saturated carbocycles. The summed E-state index contributed by atoms with van der Waals surface area (Å²) in [7, 11) is 0. The lowest BCUT2D eigenvalue weighted by atomic mass is 10.00. The zero-order valence-electron chi connectivity index (χ0n) is 18.0. The first-order valence-corrected chi connectivity index (χ1v) is 11.2. The van der Waals surface area contributed by atoms with Crippen LogP contribution in [0.1, 0.15) is 31.2 Å². The molecule has 2 saturated heterocycles. The molecular formula is C23H25F3N6O. The number of anilines is 1. The second kappa shape index (κ2) is 8.66. The number of nitrogens with one attached hydrogen (secondary N) is 3. The van der Waals surface area contributed by atoms with Crippen LogP contribution < -0.4 is 10.6 Å². The van der Waals surface area contributed by atoms with Crippen LogP contribution in [0.5, 0.6) is 0 Å². The van der Waals surface area contributed by atoms with Crippen LogP contribution in [0.15, 0.2) is 36.7 Å². The Morgan fingerprint density at radius 3 is 2.67 bits per heavy atom. The third-order valence-corrected chi connectivity index (χ3v) is 6.40. The smallest absolute Gasteiger partial charge is 0.360 e. The van der Waals surface area contributed by atoms with Crippen molar-refractivity contribution in [3.8, 4) is 11.3 Å². The molecular weight excluding hydrogens is 433 g/mol. The summed E-state index contributed by atoms with van der Waals surface area (Å²) in [4.78, 5) is 25.7. The van der Waals surface area contributed by atoms with Crippen molar-refractivity contribution in [1.29, 1.82) is 0 Å². The predicted octanol–water partition coefficient (Wildman–Crippen LogP) is 3.80. The summed E-state index contributed by atoms with van der Waals surface area (Å²) in [6.45, 7) is 2.14. The first kappa shape index (κ1) is 21.7. The van der Waals surface area contributed by atoms with Crippen LogP contribution in [-0.2, 0) is 11.0 Å². The van der Waals surface area contributed by atoms with E-state index in [1.807, 2.05) is 11.0 Å². The maximum atomic E-state index is 13.7. The average Bonchev–Trinajstić information content (AvgIpc) is 3.49. The molecule has 0 spiro atoms. The maximum absolute atomic E-state index is 13.7. The van der Waals surface area contributed by atoms with Gasteiger partial charge in [0, 0.05) is 54.5 Å². The zero-order valence-corrected chi connectivity index (χ0v) is 18.0. The molecule has 4 heterocycles. The first-order valence-electron chi connectivity index (χ1n) is 11.2. The minimum atomic E-state index is -4.58. The van der Waals surface area contributed by atoms with Crippen molar-refractivity contribution < 1.29 is 18.0 Å². The number of hydrogen-bond donors (Lipinski definition) is 3. The molecule has 5 rings (SSSR count). The van der Waals surface area contributed by atoms with E-state index in [0.29, 0.717) is 30.3 Å². The van der Waals surface area contributed by atoms with Crippen LogP contribution in [0.3, 0.4) is 0 Å². The average molecular weight is 458 g/mol. The van der Waals surface area contributed by atoms with Gasteiger partial charge in [-0.3, -0.25) is 4.79 Å². The maximum Gasteiger partial charge on any atom is 0.419 e. The Morgan fingerprint density at radius 1 is 1.15 bits per heavy atom. The highest BCUT2D eigenvalue weighted by molar-refractivity contribution is 5.95. The van der Waals surface area contributed by atoms with E-state index in [0.717, 1.165) is 37.6 Å². The highest BCUT2D eigenvalue weighted by Gasteiger charge is 2.36. The molecule has 1 amide bonds. The highest BCUT2D eigenvalue weighted by Crippen LogP contribution is 2.38. The van der Waals surface area contributed by atoms with Gasteiger partial charge >= 0.3 is 6.18 Å². The largest absolute Gasteiger partial charge is 0.419 e. The van der Waals surface area contributed by atoms with E-state index < -0.39 is 11.7 Å². The van der Waals surface area contributed by atoms with Gasteiger partial charge < -0.3 is 20.5 Å². The van der Waals surface area contributed by atoms with Crippen LogP contribution in [0.25, 0.3) is 22.2 Å². The number of carbonyl (C=O) groups is 1. The van der Waals surface area contributed by atoms with Crippen molar-refractivity contribution in [2.75, 3.05) is 25.0 Å². The Bertz CT molecular complexity index is 1150. The Kier molecular flexibility index (Phi) is 5.69. The lowest BCUT2D eigenvalue weighted by Crippen LogP contribution is -2.52. The molecule has 3 aromatic rings. The third kappa shape index (κ3) is 4.39. The van der Waals surface area contributed by atoms with E-state index in [9.17, 15) is 18.0 Å².